The number of aromatic amines is 1. The Balaban J connectivity index is 1.66. The van der Waals surface area contributed by atoms with Crippen LogP contribution in [0.5, 0.6) is 0 Å². The zero-order valence-corrected chi connectivity index (χ0v) is 13.7. The van der Waals surface area contributed by atoms with Crippen molar-refractivity contribution in [2.45, 2.75) is 13.0 Å². The highest BCUT2D eigenvalue weighted by Gasteiger charge is 2.03. The van der Waals surface area contributed by atoms with Crippen LogP contribution < -0.4 is 10.9 Å². The van der Waals surface area contributed by atoms with E-state index in [0.29, 0.717) is 6.54 Å². The van der Waals surface area contributed by atoms with Gasteiger partial charge in [-0.2, -0.15) is 0 Å². The molecule has 3 rings (SSSR count). The summed E-state index contributed by atoms with van der Waals surface area (Å²) >= 11 is 3.46. The van der Waals surface area contributed by atoms with E-state index in [2.05, 4.69) is 38.4 Å². The molecule has 0 aliphatic carbocycles. The van der Waals surface area contributed by atoms with E-state index in [1.54, 1.807) is 0 Å². The molecule has 0 saturated carbocycles. The number of rotatable bonds is 5. The van der Waals surface area contributed by atoms with Crippen LogP contribution in [0.2, 0.25) is 0 Å². The molecule has 0 bridgehead atoms. The van der Waals surface area contributed by atoms with Crippen molar-refractivity contribution in [3.8, 4) is 0 Å². The minimum absolute atomic E-state index is 0.0259. The topological polar surface area (TPSA) is 44.9 Å². The summed E-state index contributed by atoms with van der Waals surface area (Å²) in [6.07, 6.45) is 0.956. The summed E-state index contributed by atoms with van der Waals surface area (Å²) in [6.45, 7) is 1.42. The third-order valence-corrected chi connectivity index (χ3v) is 4.13. The third-order valence-electron chi connectivity index (χ3n) is 3.63. The number of halogens is 1. The average molecular weight is 357 g/mol. The fourth-order valence-electron chi connectivity index (χ4n) is 2.45. The molecule has 1 heterocycles. The summed E-state index contributed by atoms with van der Waals surface area (Å²) in [5.41, 5.74) is 2.90. The maximum absolute atomic E-state index is 12.1. The smallest absolute Gasteiger partial charge is 0.252 e. The van der Waals surface area contributed by atoms with Crippen molar-refractivity contribution in [3.63, 3.8) is 0 Å². The van der Waals surface area contributed by atoms with Crippen LogP contribution in [0, 0.1) is 0 Å². The predicted molar refractivity (Wildman–Crippen MR) is 94.1 cm³/mol. The van der Waals surface area contributed by atoms with Crippen LogP contribution in [-0.2, 0) is 13.0 Å². The molecule has 2 N–H and O–H groups in total. The Hall–Kier alpha value is -1.91. The van der Waals surface area contributed by atoms with Crippen molar-refractivity contribution in [3.05, 3.63) is 80.6 Å². The second kappa shape index (κ2) is 6.90. The summed E-state index contributed by atoms with van der Waals surface area (Å²) in [6, 6.07) is 18.1. The molecule has 1 aromatic heterocycles. The first kappa shape index (κ1) is 15.0. The molecule has 0 saturated heterocycles. The van der Waals surface area contributed by atoms with Gasteiger partial charge in [0.15, 0.2) is 0 Å². The van der Waals surface area contributed by atoms with Gasteiger partial charge in [-0.05, 0) is 48.2 Å². The minimum atomic E-state index is -0.0259. The van der Waals surface area contributed by atoms with Gasteiger partial charge in [-0.15, -0.1) is 0 Å². The van der Waals surface area contributed by atoms with Gasteiger partial charge in [-0.25, -0.2) is 0 Å². The number of benzene rings is 2. The van der Waals surface area contributed by atoms with Crippen molar-refractivity contribution in [2.75, 3.05) is 6.54 Å². The lowest BCUT2D eigenvalue weighted by Crippen LogP contribution is -2.22. The molecule has 0 atom stereocenters. The highest BCUT2D eigenvalue weighted by molar-refractivity contribution is 9.10. The normalized spacial score (nSPS) is 11.0. The van der Waals surface area contributed by atoms with Gasteiger partial charge in [0.25, 0.3) is 5.56 Å². The summed E-state index contributed by atoms with van der Waals surface area (Å²) in [5, 5.41) is 4.37. The number of nitrogens with one attached hydrogen (secondary N) is 2. The Labute approximate surface area is 137 Å². The molecule has 3 nitrogen and oxygen atoms in total. The first-order chi connectivity index (χ1) is 10.7. The van der Waals surface area contributed by atoms with E-state index in [1.807, 2.05) is 42.5 Å². The maximum Gasteiger partial charge on any atom is 0.252 e. The zero-order valence-electron chi connectivity index (χ0n) is 12.1. The van der Waals surface area contributed by atoms with E-state index in [-0.39, 0.29) is 5.56 Å². The van der Waals surface area contributed by atoms with Gasteiger partial charge in [0, 0.05) is 22.1 Å². The molecule has 0 spiro atoms. The van der Waals surface area contributed by atoms with E-state index in [4.69, 9.17) is 0 Å². The molecule has 0 radical (unpaired) electrons. The number of pyridine rings is 1. The Bertz CT molecular complexity index is 827. The van der Waals surface area contributed by atoms with Gasteiger partial charge in [0.05, 0.1) is 0 Å². The standard InChI is InChI=1S/C18H17BrN2O/c19-16-6-7-17-14(11-16)10-15(18(22)21-17)12-20-9-8-13-4-2-1-3-5-13/h1-7,10-11,20H,8-9,12H2,(H,21,22). The Morgan fingerprint density at radius 1 is 1.05 bits per heavy atom. The molecule has 0 unspecified atom stereocenters. The van der Waals surface area contributed by atoms with Crippen molar-refractivity contribution in [1.29, 1.82) is 0 Å². The quantitative estimate of drug-likeness (QED) is 0.685. The lowest BCUT2D eigenvalue weighted by atomic mass is 10.1. The van der Waals surface area contributed by atoms with Crippen molar-refractivity contribution in [2.24, 2.45) is 0 Å². The highest BCUT2D eigenvalue weighted by Crippen LogP contribution is 2.17. The second-order valence-electron chi connectivity index (χ2n) is 5.27. The molecule has 0 amide bonds. The molecule has 3 aromatic rings. The number of hydrogen-bond acceptors (Lipinski definition) is 2. The zero-order chi connectivity index (χ0) is 15.4. The van der Waals surface area contributed by atoms with Gasteiger partial charge >= 0.3 is 0 Å². The predicted octanol–water partition coefficient (Wildman–Crippen LogP) is 3.62. The second-order valence-corrected chi connectivity index (χ2v) is 6.18. The van der Waals surface area contributed by atoms with E-state index in [0.717, 1.165) is 33.9 Å². The van der Waals surface area contributed by atoms with Crippen molar-refractivity contribution in [1.82, 2.24) is 10.3 Å². The molecule has 0 fully saturated rings. The fourth-order valence-corrected chi connectivity index (χ4v) is 2.83. The van der Waals surface area contributed by atoms with Crippen LogP contribution >= 0.6 is 15.9 Å². The lowest BCUT2D eigenvalue weighted by molar-refractivity contribution is 0.683. The van der Waals surface area contributed by atoms with Crippen molar-refractivity contribution >= 4 is 26.8 Å². The van der Waals surface area contributed by atoms with Crippen LogP contribution in [0.4, 0.5) is 0 Å². The molecule has 0 aliphatic rings. The fraction of sp³-hybridized carbons (Fsp3) is 0.167. The third kappa shape index (κ3) is 3.64. The monoisotopic (exact) mass is 356 g/mol. The summed E-state index contributed by atoms with van der Waals surface area (Å²) < 4.78 is 1.01. The van der Waals surface area contributed by atoms with Crippen LogP contribution in [0.3, 0.4) is 0 Å². The van der Waals surface area contributed by atoms with Crippen molar-refractivity contribution < 1.29 is 0 Å². The number of fused-ring (bicyclic) bond motifs is 1. The van der Waals surface area contributed by atoms with E-state index >= 15 is 0 Å². The van der Waals surface area contributed by atoms with Gasteiger partial charge < -0.3 is 10.3 Å². The van der Waals surface area contributed by atoms with Crippen LogP contribution in [0.25, 0.3) is 10.9 Å². The minimum Gasteiger partial charge on any atom is -0.322 e. The molecule has 0 aliphatic heterocycles. The summed E-state index contributed by atoms with van der Waals surface area (Å²) in [5.74, 6) is 0. The number of H-pyrrole nitrogens is 1. The Morgan fingerprint density at radius 3 is 2.68 bits per heavy atom. The Morgan fingerprint density at radius 2 is 1.86 bits per heavy atom. The molecule has 2 aromatic carbocycles. The van der Waals surface area contributed by atoms with Gasteiger partial charge in [-0.1, -0.05) is 46.3 Å². The van der Waals surface area contributed by atoms with E-state index in [9.17, 15) is 4.79 Å². The molecule has 22 heavy (non-hydrogen) atoms. The van der Waals surface area contributed by atoms with Gasteiger partial charge in [-0.3, -0.25) is 4.79 Å². The van der Waals surface area contributed by atoms with Crippen LogP contribution in [0.1, 0.15) is 11.1 Å². The summed E-state index contributed by atoms with van der Waals surface area (Å²) in [4.78, 5) is 15.0. The van der Waals surface area contributed by atoms with Gasteiger partial charge in [0.2, 0.25) is 0 Å². The van der Waals surface area contributed by atoms with E-state index < -0.39 is 0 Å². The summed E-state index contributed by atoms with van der Waals surface area (Å²) in [7, 11) is 0. The van der Waals surface area contributed by atoms with E-state index in [1.165, 1.54) is 5.56 Å². The molecule has 112 valence electrons. The lowest BCUT2D eigenvalue weighted by Gasteiger charge is -2.06. The molecular formula is C18H17BrN2O. The Kier molecular flexibility index (Phi) is 4.71. The van der Waals surface area contributed by atoms with Crippen LogP contribution in [0.15, 0.2) is 63.9 Å². The van der Waals surface area contributed by atoms with Gasteiger partial charge in [0.1, 0.15) is 0 Å². The first-order valence-electron chi connectivity index (χ1n) is 7.28. The first-order valence-corrected chi connectivity index (χ1v) is 8.08. The molecular weight excluding hydrogens is 340 g/mol. The number of hydrogen-bond donors (Lipinski definition) is 2. The maximum atomic E-state index is 12.1. The number of aromatic nitrogens is 1. The van der Waals surface area contributed by atoms with Crippen LogP contribution in [-0.4, -0.2) is 11.5 Å². The average Bonchev–Trinajstić information content (AvgIpc) is 2.53. The SMILES string of the molecule is O=c1[nH]c2ccc(Br)cc2cc1CNCCc1ccccc1. The highest BCUT2D eigenvalue weighted by atomic mass is 79.9. The molecule has 4 heteroatoms. The largest absolute Gasteiger partial charge is 0.322 e.